The Morgan fingerprint density at radius 1 is 1.09 bits per heavy atom. The van der Waals surface area contributed by atoms with Gasteiger partial charge in [-0.05, 0) is 74.0 Å². The highest BCUT2D eigenvalue weighted by atomic mass is 79.9. The van der Waals surface area contributed by atoms with E-state index in [1.165, 1.54) is 19.3 Å². The summed E-state index contributed by atoms with van der Waals surface area (Å²) in [6.45, 7) is 4.74. The predicted octanol–water partition coefficient (Wildman–Crippen LogP) is 3.51. The first-order chi connectivity index (χ1) is 10.4. The van der Waals surface area contributed by atoms with Gasteiger partial charge in [0.25, 0.3) is 0 Å². The van der Waals surface area contributed by atoms with Crippen LogP contribution in [0.4, 0.5) is 0 Å². The zero-order valence-electron chi connectivity index (χ0n) is 14.4. The predicted molar refractivity (Wildman–Crippen MR) is 94.5 cm³/mol. The highest BCUT2D eigenvalue weighted by Crippen LogP contribution is 2.66. The Balaban J connectivity index is 0.00000156. The molecule has 0 aromatic heterocycles. The number of fused-ring (bicyclic) bond motifs is 5. The maximum Gasteiger partial charge on any atom is 0.139 e. The first-order valence-corrected chi connectivity index (χ1v) is 10.1. The molecule has 0 aromatic carbocycles. The molecule has 3 nitrogen and oxygen atoms in total. The fourth-order valence-corrected chi connectivity index (χ4v) is 8.16. The molecule has 4 aliphatic carbocycles. The van der Waals surface area contributed by atoms with Gasteiger partial charge < -0.3 is 10.6 Å². The van der Waals surface area contributed by atoms with Crippen LogP contribution in [0.15, 0.2) is 0 Å². The normalized spacial score (nSPS) is 55.4. The van der Waals surface area contributed by atoms with Crippen LogP contribution in [0.1, 0.15) is 65.2 Å². The number of carbonyl (C=O) groups is 1. The molecule has 4 rings (SSSR count). The smallest absolute Gasteiger partial charge is 0.139 e. The zero-order chi connectivity index (χ0) is 15.7. The second-order valence-corrected chi connectivity index (χ2v) is 10.1. The molecule has 0 radical (unpaired) electrons. The van der Waals surface area contributed by atoms with Gasteiger partial charge in [0, 0.05) is 16.7 Å². The fourth-order valence-electron chi connectivity index (χ4n) is 7.02. The molecule has 0 amide bonds. The van der Waals surface area contributed by atoms with Crippen molar-refractivity contribution in [3.63, 3.8) is 0 Å². The number of halogens is 1. The number of ketones is 1. The monoisotopic (exact) mass is 386 g/mol. The third kappa shape index (κ3) is 2.31. The largest absolute Gasteiger partial charge is 0.412 e. The Hall–Kier alpha value is 0.0700. The standard InChI is InChI=1S/C19H29BrO2.H2O/c1-18-8-7-15-13(14(18)5-6-17(18)22)4-3-11-9-12(21)10-16(20)19(11,15)2;/h11-16,21H,3-10H2,1-2H3;1H2/t11-,12+,13-,14-,15-,16?,18-,19-;/m0./s1. The van der Waals surface area contributed by atoms with E-state index in [0.29, 0.717) is 27.9 Å². The average molecular weight is 387 g/mol. The summed E-state index contributed by atoms with van der Waals surface area (Å²) in [7, 11) is 0. The number of hydrogen-bond acceptors (Lipinski definition) is 2. The molecule has 0 saturated heterocycles. The Bertz CT molecular complexity index is 495. The summed E-state index contributed by atoms with van der Waals surface area (Å²) >= 11 is 3.96. The molecule has 1 unspecified atom stereocenters. The number of Topliss-reactive ketones (excluding diaryl/α,β-unsaturated/α-hetero) is 1. The lowest BCUT2D eigenvalue weighted by atomic mass is 9.45. The van der Waals surface area contributed by atoms with Crippen LogP contribution in [0.2, 0.25) is 0 Å². The van der Waals surface area contributed by atoms with Gasteiger partial charge in [-0.2, -0.15) is 0 Å². The van der Waals surface area contributed by atoms with Crippen molar-refractivity contribution in [1.29, 1.82) is 0 Å². The van der Waals surface area contributed by atoms with Crippen molar-refractivity contribution < 1.29 is 15.4 Å². The van der Waals surface area contributed by atoms with Crippen LogP contribution >= 0.6 is 15.9 Å². The molecule has 132 valence electrons. The number of aliphatic hydroxyl groups is 1. The molecule has 0 bridgehead atoms. The Morgan fingerprint density at radius 2 is 1.83 bits per heavy atom. The van der Waals surface area contributed by atoms with Crippen LogP contribution in [0, 0.1) is 34.5 Å². The van der Waals surface area contributed by atoms with Gasteiger partial charge in [0.2, 0.25) is 0 Å². The van der Waals surface area contributed by atoms with E-state index < -0.39 is 0 Å². The van der Waals surface area contributed by atoms with Crippen LogP contribution in [-0.4, -0.2) is 27.3 Å². The van der Waals surface area contributed by atoms with Gasteiger partial charge in [-0.1, -0.05) is 29.8 Å². The minimum atomic E-state index is -0.124. The Labute approximate surface area is 148 Å². The summed E-state index contributed by atoms with van der Waals surface area (Å²) in [5.41, 5.74) is 0.301. The van der Waals surface area contributed by atoms with Gasteiger partial charge >= 0.3 is 0 Å². The minimum absolute atomic E-state index is 0. The quantitative estimate of drug-likeness (QED) is 0.647. The van der Waals surface area contributed by atoms with Crippen molar-refractivity contribution in [3.8, 4) is 0 Å². The molecule has 4 heteroatoms. The van der Waals surface area contributed by atoms with Gasteiger partial charge in [-0.25, -0.2) is 0 Å². The van der Waals surface area contributed by atoms with E-state index in [-0.39, 0.29) is 17.0 Å². The van der Waals surface area contributed by atoms with Crippen molar-refractivity contribution >= 4 is 21.7 Å². The second-order valence-electron chi connectivity index (χ2n) is 9.03. The third-order valence-corrected chi connectivity index (χ3v) is 9.74. The van der Waals surface area contributed by atoms with Crippen LogP contribution in [0.3, 0.4) is 0 Å². The van der Waals surface area contributed by atoms with Gasteiger partial charge in [0.15, 0.2) is 0 Å². The average Bonchev–Trinajstić information content (AvgIpc) is 2.77. The van der Waals surface area contributed by atoms with Crippen molar-refractivity contribution in [2.75, 3.05) is 0 Å². The number of alkyl halides is 1. The summed E-state index contributed by atoms with van der Waals surface area (Å²) in [6, 6.07) is 0. The first kappa shape index (κ1) is 17.9. The molecule has 0 aliphatic heterocycles. The van der Waals surface area contributed by atoms with Crippen LogP contribution in [-0.2, 0) is 4.79 Å². The van der Waals surface area contributed by atoms with Gasteiger partial charge in [0.05, 0.1) is 6.10 Å². The van der Waals surface area contributed by atoms with Gasteiger partial charge in [0.1, 0.15) is 5.78 Å². The number of carbonyl (C=O) groups excluding carboxylic acids is 1. The van der Waals surface area contributed by atoms with E-state index in [4.69, 9.17) is 0 Å². The van der Waals surface area contributed by atoms with Crippen molar-refractivity contribution in [1.82, 2.24) is 0 Å². The molecule has 0 spiro atoms. The zero-order valence-corrected chi connectivity index (χ0v) is 15.9. The highest BCUT2D eigenvalue weighted by molar-refractivity contribution is 9.09. The molecule has 3 N–H and O–H groups in total. The maximum atomic E-state index is 12.4. The number of aliphatic hydroxyl groups excluding tert-OH is 1. The molecule has 4 aliphatic rings. The SMILES string of the molecule is C[C@]12C(Br)C[C@H](O)C[C@@H]1CC[C@@H]1[C@@H]2CC[C@]2(C)C(=O)CC[C@@H]12.O. The summed E-state index contributed by atoms with van der Waals surface area (Å²) in [5.74, 6) is 3.30. The van der Waals surface area contributed by atoms with Gasteiger partial charge in [-0.3, -0.25) is 4.79 Å². The Kier molecular flexibility index (Phi) is 4.52. The summed E-state index contributed by atoms with van der Waals surface area (Å²) < 4.78 is 0. The minimum Gasteiger partial charge on any atom is -0.412 e. The van der Waals surface area contributed by atoms with Gasteiger partial charge in [-0.15, -0.1) is 0 Å². The third-order valence-electron chi connectivity index (χ3n) is 8.38. The van der Waals surface area contributed by atoms with E-state index in [0.717, 1.165) is 43.9 Å². The molecule has 0 aromatic rings. The lowest BCUT2D eigenvalue weighted by molar-refractivity contribution is -0.140. The Morgan fingerprint density at radius 3 is 2.57 bits per heavy atom. The van der Waals surface area contributed by atoms with Crippen molar-refractivity contribution in [2.24, 2.45) is 34.5 Å². The fraction of sp³-hybridized carbons (Fsp3) is 0.947. The molecule has 23 heavy (non-hydrogen) atoms. The van der Waals surface area contributed by atoms with Crippen LogP contribution in [0.5, 0.6) is 0 Å². The molecule has 0 heterocycles. The summed E-state index contributed by atoms with van der Waals surface area (Å²) in [4.78, 5) is 12.9. The molecule has 8 atom stereocenters. The van der Waals surface area contributed by atoms with E-state index in [9.17, 15) is 9.90 Å². The second kappa shape index (κ2) is 5.81. The van der Waals surface area contributed by atoms with E-state index in [1.807, 2.05) is 0 Å². The number of hydrogen-bond donors (Lipinski definition) is 1. The lowest BCUT2D eigenvalue weighted by Crippen LogP contribution is -2.57. The highest BCUT2D eigenvalue weighted by Gasteiger charge is 2.61. The van der Waals surface area contributed by atoms with Crippen LogP contribution in [0.25, 0.3) is 0 Å². The summed E-state index contributed by atoms with van der Waals surface area (Å²) in [5, 5.41) is 10.2. The van der Waals surface area contributed by atoms with E-state index in [1.54, 1.807) is 0 Å². The topological polar surface area (TPSA) is 68.8 Å². The van der Waals surface area contributed by atoms with E-state index >= 15 is 0 Å². The molecular weight excluding hydrogens is 356 g/mol. The van der Waals surface area contributed by atoms with Crippen molar-refractivity contribution in [3.05, 3.63) is 0 Å². The summed E-state index contributed by atoms with van der Waals surface area (Å²) in [6.07, 6.45) is 8.56. The molecular formula is C19H31BrO3. The maximum absolute atomic E-state index is 12.4. The van der Waals surface area contributed by atoms with Crippen molar-refractivity contribution in [2.45, 2.75) is 76.1 Å². The molecule has 4 fully saturated rings. The van der Waals surface area contributed by atoms with E-state index in [2.05, 4.69) is 29.8 Å². The molecule has 4 saturated carbocycles. The first-order valence-electron chi connectivity index (χ1n) is 9.23. The lowest BCUT2D eigenvalue weighted by Gasteiger charge is -2.61. The number of rotatable bonds is 0. The van der Waals surface area contributed by atoms with Crippen LogP contribution < -0.4 is 0 Å².